The van der Waals surface area contributed by atoms with Crippen molar-refractivity contribution in [2.75, 3.05) is 13.1 Å². The van der Waals surface area contributed by atoms with Crippen LogP contribution in [0.1, 0.15) is 40.0 Å². The third-order valence-corrected chi connectivity index (χ3v) is 3.06. The lowest BCUT2D eigenvalue weighted by atomic mass is 9.96. The first kappa shape index (κ1) is 15.2. The number of carboxylic acids is 1. The van der Waals surface area contributed by atoms with Crippen LogP contribution >= 0.6 is 0 Å². The maximum Gasteiger partial charge on any atom is 0.317 e. The molecule has 0 rings (SSSR count). The zero-order valence-electron chi connectivity index (χ0n) is 10.8. The summed E-state index contributed by atoms with van der Waals surface area (Å²) in [6.07, 6.45) is 4.98. The van der Waals surface area contributed by atoms with Gasteiger partial charge in [0.15, 0.2) is 0 Å². The summed E-state index contributed by atoms with van der Waals surface area (Å²) in [5.41, 5.74) is 0. The second kappa shape index (κ2) is 8.34. The molecule has 0 spiro atoms. The molecular formula is C13H25NO2. The van der Waals surface area contributed by atoms with Gasteiger partial charge in [-0.15, -0.1) is 6.58 Å². The minimum Gasteiger partial charge on any atom is -0.480 e. The number of nitrogens with zero attached hydrogens (tertiary/aromatic N) is 1. The molecule has 16 heavy (non-hydrogen) atoms. The summed E-state index contributed by atoms with van der Waals surface area (Å²) in [7, 11) is 0. The van der Waals surface area contributed by atoms with Crippen LogP contribution in [0, 0.1) is 5.92 Å². The number of hydrogen-bond acceptors (Lipinski definition) is 2. The van der Waals surface area contributed by atoms with E-state index in [2.05, 4.69) is 27.4 Å². The summed E-state index contributed by atoms with van der Waals surface area (Å²) in [5.74, 6) is -0.115. The van der Waals surface area contributed by atoms with Gasteiger partial charge in [-0.3, -0.25) is 9.69 Å². The van der Waals surface area contributed by atoms with Gasteiger partial charge in [-0.2, -0.15) is 0 Å². The molecule has 0 aliphatic carbocycles. The van der Waals surface area contributed by atoms with E-state index in [4.69, 9.17) is 5.11 Å². The van der Waals surface area contributed by atoms with E-state index < -0.39 is 5.97 Å². The van der Waals surface area contributed by atoms with Gasteiger partial charge in [-0.05, 0) is 18.8 Å². The highest BCUT2D eigenvalue weighted by Crippen LogP contribution is 2.17. The Morgan fingerprint density at radius 3 is 2.44 bits per heavy atom. The van der Waals surface area contributed by atoms with Crippen molar-refractivity contribution in [3.05, 3.63) is 12.7 Å². The summed E-state index contributed by atoms with van der Waals surface area (Å²) in [6, 6.07) is 0.351. The maximum atomic E-state index is 10.8. The zero-order valence-corrected chi connectivity index (χ0v) is 10.8. The molecule has 2 unspecified atom stereocenters. The van der Waals surface area contributed by atoms with Crippen molar-refractivity contribution in [1.29, 1.82) is 0 Å². The second-order valence-electron chi connectivity index (χ2n) is 4.42. The van der Waals surface area contributed by atoms with Crippen LogP contribution in [0.25, 0.3) is 0 Å². The predicted molar refractivity (Wildman–Crippen MR) is 67.6 cm³/mol. The minimum absolute atomic E-state index is 0.112. The number of rotatable bonds is 9. The lowest BCUT2D eigenvalue weighted by molar-refractivity contribution is -0.138. The molecule has 0 radical (unpaired) electrons. The number of hydrogen-bond donors (Lipinski definition) is 1. The molecule has 0 bridgehead atoms. The van der Waals surface area contributed by atoms with Crippen molar-refractivity contribution < 1.29 is 9.90 Å². The molecule has 0 aromatic rings. The Hall–Kier alpha value is -0.830. The van der Waals surface area contributed by atoms with Crippen LogP contribution in [0.4, 0.5) is 0 Å². The maximum absolute atomic E-state index is 10.8. The van der Waals surface area contributed by atoms with Crippen molar-refractivity contribution in [2.24, 2.45) is 5.92 Å². The van der Waals surface area contributed by atoms with Crippen molar-refractivity contribution in [2.45, 2.75) is 46.1 Å². The third kappa shape index (κ3) is 5.91. The van der Waals surface area contributed by atoms with Crippen LogP contribution in [0.5, 0.6) is 0 Å². The van der Waals surface area contributed by atoms with Gasteiger partial charge in [-0.1, -0.05) is 33.3 Å². The molecule has 0 aliphatic heterocycles. The van der Waals surface area contributed by atoms with Gasteiger partial charge in [0.05, 0.1) is 6.54 Å². The molecule has 0 aromatic carbocycles. The Labute approximate surface area is 99.1 Å². The molecule has 0 fully saturated rings. The van der Waals surface area contributed by atoms with E-state index in [9.17, 15) is 4.79 Å². The molecule has 0 saturated carbocycles. The van der Waals surface area contributed by atoms with Crippen LogP contribution < -0.4 is 0 Å². The molecule has 3 heteroatoms. The first-order valence-electron chi connectivity index (χ1n) is 6.11. The van der Waals surface area contributed by atoms with E-state index in [0.717, 1.165) is 19.3 Å². The Bertz CT molecular complexity index is 216. The quantitative estimate of drug-likeness (QED) is 0.616. The highest BCUT2D eigenvalue weighted by atomic mass is 16.4. The van der Waals surface area contributed by atoms with Crippen molar-refractivity contribution in [3.63, 3.8) is 0 Å². The Morgan fingerprint density at radius 2 is 2.06 bits per heavy atom. The monoisotopic (exact) mass is 227 g/mol. The molecule has 0 saturated heterocycles. The highest BCUT2D eigenvalue weighted by molar-refractivity contribution is 5.69. The molecule has 3 nitrogen and oxygen atoms in total. The fourth-order valence-corrected chi connectivity index (χ4v) is 1.89. The molecule has 0 aromatic heterocycles. The Kier molecular flexibility index (Phi) is 7.90. The van der Waals surface area contributed by atoms with Gasteiger partial charge >= 0.3 is 5.97 Å². The third-order valence-electron chi connectivity index (χ3n) is 3.06. The lowest BCUT2D eigenvalue weighted by Gasteiger charge is -2.30. The van der Waals surface area contributed by atoms with E-state index in [-0.39, 0.29) is 6.54 Å². The fourth-order valence-electron chi connectivity index (χ4n) is 1.89. The standard InChI is InChI=1S/C13H25NO2/c1-5-8-14(10-13(15)16)12(7-3)9-11(4)6-2/h5,11-12H,1,6-10H2,2-4H3,(H,15,16). The van der Waals surface area contributed by atoms with E-state index in [1.54, 1.807) is 6.08 Å². The van der Waals surface area contributed by atoms with Gasteiger partial charge in [-0.25, -0.2) is 0 Å². The van der Waals surface area contributed by atoms with E-state index in [1.165, 1.54) is 0 Å². The number of carboxylic acid groups (broad SMARTS) is 1. The van der Waals surface area contributed by atoms with Crippen LogP contribution in [0.3, 0.4) is 0 Å². The van der Waals surface area contributed by atoms with Gasteiger partial charge in [0.2, 0.25) is 0 Å². The van der Waals surface area contributed by atoms with Crippen LogP contribution in [-0.4, -0.2) is 35.1 Å². The van der Waals surface area contributed by atoms with E-state index >= 15 is 0 Å². The first-order chi connectivity index (χ1) is 7.54. The Morgan fingerprint density at radius 1 is 1.44 bits per heavy atom. The van der Waals surface area contributed by atoms with Gasteiger partial charge < -0.3 is 5.11 Å². The lowest BCUT2D eigenvalue weighted by Crippen LogP contribution is -2.39. The number of aliphatic carboxylic acids is 1. The average Bonchev–Trinajstić information content (AvgIpc) is 2.24. The highest BCUT2D eigenvalue weighted by Gasteiger charge is 2.19. The van der Waals surface area contributed by atoms with Gasteiger partial charge in [0.25, 0.3) is 0 Å². The SMILES string of the molecule is C=CCN(CC(=O)O)C(CC)CC(C)CC. The summed E-state index contributed by atoms with van der Waals surface area (Å²) in [5, 5.41) is 8.87. The first-order valence-corrected chi connectivity index (χ1v) is 6.11. The van der Waals surface area contributed by atoms with Crippen molar-refractivity contribution in [3.8, 4) is 0 Å². The van der Waals surface area contributed by atoms with Crippen LogP contribution in [0.15, 0.2) is 12.7 Å². The van der Waals surface area contributed by atoms with Crippen molar-refractivity contribution >= 4 is 5.97 Å². The molecule has 0 aliphatic rings. The molecular weight excluding hydrogens is 202 g/mol. The van der Waals surface area contributed by atoms with Gasteiger partial charge in [0.1, 0.15) is 0 Å². The summed E-state index contributed by atoms with van der Waals surface area (Å²) < 4.78 is 0. The van der Waals surface area contributed by atoms with E-state index in [0.29, 0.717) is 18.5 Å². The normalized spacial score (nSPS) is 14.8. The van der Waals surface area contributed by atoms with Crippen LogP contribution in [0.2, 0.25) is 0 Å². The predicted octanol–water partition coefficient (Wildman–Crippen LogP) is 2.77. The molecule has 2 atom stereocenters. The van der Waals surface area contributed by atoms with Crippen molar-refractivity contribution in [1.82, 2.24) is 4.90 Å². The molecule has 0 heterocycles. The zero-order chi connectivity index (χ0) is 12.6. The largest absolute Gasteiger partial charge is 0.480 e. The van der Waals surface area contributed by atoms with Crippen LogP contribution in [-0.2, 0) is 4.79 Å². The Balaban J connectivity index is 4.43. The smallest absolute Gasteiger partial charge is 0.317 e. The number of carbonyl (C=O) groups is 1. The second-order valence-corrected chi connectivity index (χ2v) is 4.42. The summed E-state index contributed by atoms with van der Waals surface area (Å²) in [4.78, 5) is 12.8. The molecule has 0 amide bonds. The molecule has 94 valence electrons. The summed E-state index contributed by atoms with van der Waals surface area (Å²) in [6.45, 7) is 11.0. The van der Waals surface area contributed by atoms with E-state index in [1.807, 2.05) is 4.90 Å². The topological polar surface area (TPSA) is 40.5 Å². The average molecular weight is 227 g/mol. The fraction of sp³-hybridized carbons (Fsp3) is 0.769. The van der Waals surface area contributed by atoms with Gasteiger partial charge in [0, 0.05) is 12.6 Å². The molecule has 1 N–H and O–H groups in total. The summed E-state index contributed by atoms with van der Waals surface area (Å²) >= 11 is 0. The minimum atomic E-state index is -0.760.